The van der Waals surface area contributed by atoms with E-state index in [1.54, 1.807) is 0 Å². The minimum absolute atomic E-state index is 0.0865. The Labute approximate surface area is 414 Å². The zero-order valence-corrected chi connectivity index (χ0v) is 44.2. The van der Waals surface area contributed by atoms with Crippen LogP contribution in [0.2, 0.25) is 0 Å². The fourth-order valence-electron chi connectivity index (χ4n) is 7.98. The average molecular weight is 936 g/mol. The smallest absolute Gasteiger partial charge is 0.306 e. The monoisotopic (exact) mass is 935 g/mol. The van der Waals surface area contributed by atoms with E-state index < -0.39 is 6.10 Å². The molecule has 1 unspecified atom stereocenters. The van der Waals surface area contributed by atoms with Crippen LogP contribution in [0.15, 0.2) is 72.9 Å². The Balaban J connectivity index is 4.31. The Morgan fingerprint density at radius 2 is 0.582 bits per heavy atom. The highest BCUT2D eigenvalue weighted by atomic mass is 16.6. The van der Waals surface area contributed by atoms with E-state index in [0.29, 0.717) is 19.3 Å². The van der Waals surface area contributed by atoms with E-state index in [9.17, 15) is 14.4 Å². The summed E-state index contributed by atoms with van der Waals surface area (Å²) in [6.07, 6.45) is 70.5. The van der Waals surface area contributed by atoms with Crippen molar-refractivity contribution < 1.29 is 28.6 Å². The molecule has 67 heavy (non-hydrogen) atoms. The number of carbonyl (C=O) groups excluding carboxylic acids is 3. The van der Waals surface area contributed by atoms with Gasteiger partial charge in [0, 0.05) is 19.3 Å². The maximum absolute atomic E-state index is 12.8. The average Bonchev–Trinajstić information content (AvgIpc) is 3.33. The van der Waals surface area contributed by atoms with E-state index in [1.807, 2.05) is 0 Å². The second-order valence-electron chi connectivity index (χ2n) is 18.8. The predicted molar refractivity (Wildman–Crippen MR) is 288 cm³/mol. The van der Waals surface area contributed by atoms with Gasteiger partial charge >= 0.3 is 17.9 Å². The van der Waals surface area contributed by atoms with Crippen LogP contribution in [0.3, 0.4) is 0 Å². The standard InChI is InChI=1S/C61H106O6/c1-4-7-10-13-16-19-21-23-25-27-29-31-33-34-36-38-40-42-45-48-51-54-60(63)66-57-58(56-65-59(62)53-50-47-44-18-15-12-9-6-3)67-61(64)55-52-49-46-43-41-39-37-35-32-30-28-26-24-22-20-17-14-11-8-5-2/h7,10,16,19,23,25,29,31,34,36,40,42,58H,4-6,8-9,11-15,17-18,20-22,24,26-28,30,32-33,35,37-39,41,43-57H2,1-3H3/b10-7-,19-16-,25-23-,31-29-,36-34-,42-40-. The third-order valence-corrected chi connectivity index (χ3v) is 12.2. The Hall–Kier alpha value is -3.15. The molecule has 0 N–H and O–H groups in total. The molecule has 0 bridgehead atoms. The van der Waals surface area contributed by atoms with E-state index in [1.165, 1.54) is 141 Å². The van der Waals surface area contributed by atoms with Gasteiger partial charge < -0.3 is 14.2 Å². The molecule has 0 heterocycles. The summed E-state index contributed by atoms with van der Waals surface area (Å²) in [5.74, 6) is -0.927. The molecule has 6 nitrogen and oxygen atoms in total. The van der Waals surface area contributed by atoms with Crippen molar-refractivity contribution in [3.05, 3.63) is 72.9 Å². The SMILES string of the molecule is CC/C=C\C/C=C\C/C=C\C/C=C\C/C=C\C/C=C\CCCCC(=O)OCC(COC(=O)CCCCCCCCCC)OC(=O)CCCCCCCCCCCCCCCCCCCCCC. The number of carbonyl (C=O) groups is 3. The molecule has 6 heteroatoms. The lowest BCUT2D eigenvalue weighted by molar-refractivity contribution is -0.167. The maximum atomic E-state index is 12.8. The lowest BCUT2D eigenvalue weighted by Gasteiger charge is -2.18. The van der Waals surface area contributed by atoms with Gasteiger partial charge in [0.05, 0.1) is 0 Å². The van der Waals surface area contributed by atoms with E-state index in [4.69, 9.17) is 14.2 Å². The van der Waals surface area contributed by atoms with E-state index in [2.05, 4.69) is 93.7 Å². The van der Waals surface area contributed by atoms with Crippen molar-refractivity contribution in [3.63, 3.8) is 0 Å². The first kappa shape index (κ1) is 63.8. The molecule has 0 aromatic heterocycles. The fraction of sp³-hybridized carbons (Fsp3) is 0.754. The van der Waals surface area contributed by atoms with Gasteiger partial charge in [-0.05, 0) is 70.6 Å². The molecule has 0 aromatic carbocycles. The van der Waals surface area contributed by atoms with Crippen molar-refractivity contribution in [2.24, 2.45) is 0 Å². The van der Waals surface area contributed by atoms with Crippen LogP contribution in [0, 0.1) is 0 Å². The highest BCUT2D eigenvalue weighted by Gasteiger charge is 2.19. The normalized spacial score (nSPS) is 12.6. The summed E-state index contributed by atoms with van der Waals surface area (Å²) in [5.41, 5.74) is 0. The highest BCUT2D eigenvalue weighted by molar-refractivity contribution is 5.71. The van der Waals surface area contributed by atoms with Gasteiger partial charge in [-0.15, -0.1) is 0 Å². The van der Waals surface area contributed by atoms with Gasteiger partial charge in [-0.2, -0.15) is 0 Å². The van der Waals surface area contributed by atoms with Crippen molar-refractivity contribution in [1.29, 1.82) is 0 Å². The van der Waals surface area contributed by atoms with E-state index in [-0.39, 0.29) is 31.1 Å². The van der Waals surface area contributed by atoms with Crippen LogP contribution in [-0.4, -0.2) is 37.2 Å². The van der Waals surface area contributed by atoms with Gasteiger partial charge in [0.15, 0.2) is 6.10 Å². The van der Waals surface area contributed by atoms with Crippen molar-refractivity contribution in [3.8, 4) is 0 Å². The number of hydrogen-bond donors (Lipinski definition) is 0. The summed E-state index contributed by atoms with van der Waals surface area (Å²) >= 11 is 0. The Bertz CT molecular complexity index is 1260. The van der Waals surface area contributed by atoms with Crippen molar-refractivity contribution in [2.75, 3.05) is 13.2 Å². The van der Waals surface area contributed by atoms with Gasteiger partial charge in [0.1, 0.15) is 13.2 Å². The number of ether oxygens (including phenoxy) is 3. The molecule has 0 saturated carbocycles. The molecule has 0 aliphatic carbocycles. The van der Waals surface area contributed by atoms with Crippen LogP contribution < -0.4 is 0 Å². The number of unbranched alkanes of at least 4 members (excludes halogenated alkanes) is 28. The molecule has 0 spiro atoms. The Kier molecular flexibility index (Phi) is 52.8. The minimum atomic E-state index is -0.789. The quantitative estimate of drug-likeness (QED) is 0.0262. The van der Waals surface area contributed by atoms with E-state index in [0.717, 1.165) is 96.3 Å². The second kappa shape index (κ2) is 55.4. The summed E-state index contributed by atoms with van der Waals surface area (Å²) in [6.45, 7) is 6.48. The van der Waals surface area contributed by atoms with Gasteiger partial charge in [-0.3, -0.25) is 14.4 Å². The molecule has 0 aromatic rings. The third kappa shape index (κ3) is 53.7. The predicted octanol–water partition coefficient (Wildman–Crippen LogP) is 19.0. The Morgan fingerprint density at radius 3 is 0.910 bits per heavy atom. The largest absolute Gasteiger partial charge is 0.462 e. The van der Waals surface area contributed by atoms with Gasteiger partial charge in [-0.25, -0.2) is 0 Å². The minimum Gasteiger partial charge on any atom is -0.462 e. The molecular weight excluding hydrogens is 829 g/mol. The van der Waals surface area contributed by atoms with Crippen molar-refractivity contribution in [2.45, 2.75) is 284 Å². The summed E-state index contributed by atoms with van der Waals surface area (Å²) in [4.78, 5) is 38.0. The lowest BCUT2D eigenvalue weighted by Crippen LogP contribution is -2.30. The molecule has 0 amide bonds. The molecule has 0 rings (SSSR count). The summed E-state index contributed by atoms with van der Waals surface area (Å²) < 4.78 is 16.8. The van der Waals surface area contributed by atoms with Crippen LogP contribution >= 0.6 is 0 Å². The number of esters is 3. The zero-order chi connectivity index (χ0) is 48.6. The molecule has 0 fully saturated rings. The summed E-state index contributed by atoms with van der Waals surface area (Å²) in [5, 5.41) is 0. The topological polar surface area (TPSA) is 78.9 Å². The molecule has 0 aliphatic rings. The first-order valence-electron chi connectivity index (χ1n) is 28.4. The fourth-order valence-corrected chi connectivity index (χ4v) is 7.98. The molecular formula is C61H106O6. The van der Waals surface area contributed by atoms with Gasteiger partial charge in [-0.1, -0.05) is 261 Å². The van der Waals surface area contributed by atoms with Crippen LogP contribution in [0.1, 0.15) is 278 Å². The maximum Gasteiger partial charge on any atom is 0.306 e. The molecule has 386 valence electrons. The molecule has 0 aliphatic heterocycles. The Morgan fingerprint density at radius 1 is 0.313 bits per heavy atom. The van der Waals surface area contributed by atoms with Crippen molar-refractivity contribution >= 4 is 17.9 Å². The number of allylic oxidation sites excluding steroid dienone is 12. The number of rotatable bonds is 51. The van der Waals surface area contributed by atoms with E-state index >= 15 is 0 Å². The first-order chi connectivity index (χ1) is 33.0. The zero-order valence-electron chi connectivity index (χ0n) is 44.2. The first-order valence-corrected chi connectivity index (χ1v) is 28.4. The summed E-state index contributed by atoms with van der Waals surface area (Å²) in [7, 11) is 0. The molecule has 0 saturated heterocycles. The summed E-state index contributed by atoms with van der Waals surface area (Å²) in [6, 6.07) is 0. The molecule has 0 radical (unpaired) electrons. The van der Waals surface area contributed by atoms with Crippen LogP contribution in [0.25, 0.3) is 0 Å². The van der Waals surface area contributed by atoms with Crippen LogP contribution in [-0.2, 0) is 28.6 Å². The van der Waals surface area contributed by atoms with Crippen LogP contribution in [0.5, 0.6) is 0 Å². The molecule has 1 atom stereocenters. The van der Waals surface area contributed by atoms with Crippen molar-refractivity contribution in [1.82, 2.24) is 0 Å². The van der Waals surface area contributed by atoms with Gasteiger partial charge in [0.25, 0.3) is 0 Å². The lowest BCUT2D eigenvalue weighted by atomic mass is 10.0. The highest BCUT2D eigenvalue weighted by Crippen LogP contribution is 2.16. The number of hydrogen-bond acceptors (Lipinski definition) is 6. The van der Waals surface area contributed by atoms with Gasteiger partial charge in [0.2, 0.25) is 0 Å². The third-order valence-electron chi connectivity index (χ3n) is 12.2. The van der Waals surface area contributed by atoms with Crippen LogP contribution in [0.4, 0.5) is 0 Å². The second-order valence-corrected chi connectivity index (χ2v) is 18.8.